The molecule has 86 valence electrons. The molecule has 0 saturated heterocycles. The van der Waals surface area contributed by atoms with Crippen molar-refractivity contribution in [1.29, 1.82) is 0 Å². The number of anilines is 1. The topological polar surface area (TPSA) is 79.4 Å². The molecule has 2 aromatic heterocycles. The number of hydrogen-bond donors (Lipinski definition) is 2. The molecule has 0 aliphatic heterocycles. The second-order valence-electron chi connectivity index (χ2n) is 4.38. The third-order valence-corrected chi connectivity index (χ3v) is 2.14. The van der Waals surface area contributed by atoms with Crippen molar-refractivity contribution in [2.75, 3.05) is 5.32 Å². The smallest absolute Gasteiger partial charge is 0.207 e. The number of fused-ring (bicyclic) bond motifs is 1. The Kier molecular flexibility index (Phi) is 2.72. The summed E-state index contributed by atoms with van der Waals surface area (Å²) in [5.41, 5.74) is 1.31. The molecule has 0 spiro atoms. The van der Waals surface area contributed by atoms with Crippen molar-refractivity contribution < 1.29 is 0 Å². The summed E-state index contributed by atoms with van der Waals surface area (Å²) in [6.45, 7) is 8.23. The van der Waals surface area contributed by atoms with E-state index in [1.54, 1.807) is 0 Å². The summed E-state index contributed by atoms with van der Waals surface area (Å²) in [4.78, 5) is 8.81. The van der Waals surface area contributed by atoms with E-state index in [4.69, 9.17) is 0 Å². The number of H-pyrrole nitrogens is 1. The van der Waals surface area contributed by atoms with Crippen molar-refractivity contribution >= 4 is 17.0 Å². The van der Waals surface area contributed by atoms with E-state index < -0.39 is 0 Å². The van der Waals surface area contributed by atoms with E-state index >= 15 is 0 Å². The molecular weight excluding hydrogens is 204 g/mol. The maximum Gasteiger partial charge on any atom is 0.207 e. The Bertz CT molecular complexity index is 487. The van der Waals surface area contributed by atoms with Gasteiger partial charge in [0.05, 0.1) is 0 Å². The number of nitrogens with one attached hydrogen (secondary N) is 2. The molecule has 0 radical (unpaired) electrons. The van der Waals surface area contributed by atoms with Gasteiger partial charge in [-0.2, -0.15) is 10.3 Å². The van der Waals surface area contributed by atoms with E-state index in [1.807, 2.05) is 0 Å². The van der Waals surface area contributed by atoms with Crippen LogP contribution in [0.1, 0.15) is 39.4 Å². The molecular formula is C10H16N6. The molecule has 0 saturated carbocycles. The number of nitrogens with zero attached hydrogens (tertiary/aromatic N) is 4. The van der Waals surface area contributed by atoms with Gasteiger partial charge >= 0.3 is 0 Å². The lowest BCUT2D eigenvalue weighted by atomic mass is 10.2. The summed E-state index contributed by atoms with van der Waals surface area (Å²) in [7, 11) is 0. The zero-order chi connectivity index (χ0) is 11.7. The zero-order valence-corrected chi connectivity index (χ0v) is 9.94. The molecule has 0 aliphatic carbocycles. The van der Waals surface area contributed by atoms with Crippen LogP contribution in [0.4, 0.5) is 5.82 Å². The van der Waals surface area contributed by atoms with E-state index in [-0.39, 0.29) is 5.92 Å². The molecule has 0 fully saturated rings. The van der Waals surface area contributed by atoms with E-state index in [1.165, 1.54) is 0 Å². The molecule has 6 nitrogen and oxygen atoms in total. The van der Waals surface area contributed by atoms with Crippen molar-refractivity contribution in [3.63, 3.8) is 0 Å². The predicted molar refractivity (Wildman–Crippen MR) is 62.3 cm³/mol. The van der Waals surface area contributed by atoms with Crippen LogP contribution < -0.4 is 5.32 Å². The summed E-state index contributed by atoms with van der Waals surface area (Å²) in [6.07, 6.45) is 0. The SMILES string of the molecule is CC(C)Nc1nc(C(C)C)nc2n[nH]nc12. The normalized spacial score (nSPS) is 11.6. The zero-order valence-electron chi connectivity index (χ0n) is 9.94. The lowest BCUT2D eigenvalue weighted by Gasteiger charge is -2.11. The van der Waals surface area contributed by atoms with Crippen molar-refractivity contribution in [2.24, 2.45) is 0 Å². The number of rotatable bonds is 3. The molecule has 16 heavy (non-hydrogen) atoms. The molecule has 2 rings (SSSR count). The third kappa shape index (κ3) is 1.95. The van der Waals surface area contributed by atoms with Gasteiger partial charge in [-0.25, -0.2) is 9.97 Å². The third-order valence-electron chi connectivity index (χ3n) is 2.14. The Labute approximate surface area is 93.9 Å². The Balaban J connectivity index is 2.54. The minimum Gasteiger partial charge on any atom is -0.366 e. The van der Waals surface area contributed by atoms with E-state index in [0.717, 1.165) is 11.6 Å². The van der Waals surface area contributed by atoms with E-state index in [9.17, 15) is 0 Å². The van der Waals surface area contributed by atoms with Gasteiger partial charge in [0.2, 0.25) is 5.65 Å². The predicted octanol–water partition coefficient (Wildman–Crippen LogP) is 1.69. The van der Waals surface area contributed by atoms with Gasteiger partial charge in [-0.1, -0.05) is 13.8 Å². The minimum atomic E-state index is 0.272. The average molecular weight is 220 g/mol. The van der Waals surface area contributed by atoms with Crippen LogP contribution in [0.5, 0.6) is 0 Å². The lowest BCUT2D eigenvalue weighted by Crippen LogP contribution is -2.13. The highest BCUT2D eigenvalue weighted by atomic mass is 15.4. The Morgan fingerprint density at radius 3 is 2.44 bits per heavy atom. The Hall–Kier alpha value is -1.72. The highest BCUT2D eigenvalue weighted by Crippen LogP contribution is 2.19. The summed E-state index contributed by atoms with van der Waals surface area (Å²) >= 11 is 0. The van der Waals surface area contributed by atoms with Gasteiger partial charge in [-0.15, -0.1) is 5.10 Å². The van der Waals surface area contributed by atoms with Gasteiger partial charge in [0, 0.05) is 12.0 Å². The first-order valence-corrected chi connectivity index (χ1v) is 5.43. The van der Waals surface area contributed by atoms with Gasteiger partial charge < -0.3 is 5.32 Å². The van der Waals surface area contributed by atoms with Crippen LogP contribution in [0.3, 0.4) is 0 Å². The maximum absolute atomic E-state index is 4.47. The van der Waals surface area contributed by atoms with Crippen molar-refractivity contribution in [1.82, 2.24) is 25.4 Å². The lowest BCUT2D eigenvalue weighted by molar-refractivity contribution is 0.776. The van der Waals surface area contributed by atoms with Gasteiger partial charge in [0.25, 0.3) is 0 Å². The Morgan fingerprint density at radius 1 is 1.06 bits per heavy atom. The largest absolute Gasteiger partial charge is 0.366 e. The van der Waals surface area contributed by atoms with Crippen LogP contribution >= 0.6 is 0 Å². The molecule has 0 unspecified atom stereocenters. The number of aromatic nitrogens is 5. The van der Waals surface area contributed by atoms with Gasteiger partial charge in [-0.05, 0) is 13.8 Å². The highest BCUT2D eigenvalue weighted by molar-refractivity contribution is 5.81. The van der Waals surface area contributed by atoms with Gasteiger partial charge in [0.15, 0.2) is 11.3 Å². The van der Waals surface area contributed by atoms with E-state index in [2.05, 4.69) is 58.4 Å². The number of hydrogen-bond acceptors (Lipinski definition) is 5. The molecule has 0 aromatic carbocycles. The summed E-state index contributed by atoms with van der Waals surface area (Å²) in [6, 6.07) is 0.301. The van der Waals surface area contributed by atoms with Crippen molar-refractivity contribution in [2.45, 2.75) is 39.7 Å². The fourth-order valence-corrected chi connectivity index (χ4v) is 1.40. The van der Waals surface area contributed by atoms with Crippen LogP contribution in [-0.2, 0) is 0 Å². The molecule has 2 N–H and O–H groups in total. The fourth-order valence-electron chi connectivity index (χ4n) is 1.40. The second-order valence-corrected chi connectivity index (χ2v) is 4.38. The quantitative estimate of drug-likeness (QED) is 0.822. The van der Waals surface area contributed by atoms with Gasteiger partial charge in [-0.3, -0.25) is 0 Å². The molecule has 6 heteroatoms. The standard InChI is InChI=1S/C10H16N6/c1-5(2)8-12-9(11-6(3)4)7-10(13-8)15-16-14-7/h5-6H,1-4H3,(H2,11,12,13,14,15,16). The number of aromatic amines is 1. The second kappa shape index (κ2) is 4.03. The first-order chi connectivity index (χ1) is 7.58. The van der Waals surface area contributed by atoms with Crippen LogP contribution in [0, 0.1) is 0 Å². The van der Waals surface area contributed by atoms with Crippen LogP contribution in [0.25, 0.3) is 11.2 Å². The maximum atomic E-state index is 4.47. The average Bonchev–Trinajstić information content (AvgIpc) is 2.64. The minimum absolute atomic E-state index is 0.272. The van der Waals surface area contributed by atoms with Crippen molar-refractivity contribution in [3.8, 4) is 0 Å². The Morgan fingerprint density at radius 2 is 1.81 bits per heavy atom. The van der Waals surface area contributed by atoms with E-state index in [0.29, 0.717) is 17.2 Å². The molecule has 0 amide bonds. The highest BCUT2D eigenvalue weighted by Gasteiger charge is 2.13. The summed E-state index contributed by atoms with van der Waals surface area (Å²) < 4.78 is 0. The first-order valence-electron chi connectivity index (χ1n) is 5.43. The summed E-state index contributed by atoms with van der Waals surface area (Å²) in [5, 5.41) is 13.9. The fraction of sp³-hybridized carbons (Fsp3) is 0.600. The van der Waals surface area contributed by atoms with Crippen molar-refractivity contribution in [3.05, 3.63) is 5.82 Å². The monoisotopic (exact) mass is 220 g/mol. The van der Waals surface area contributed by atoms with Crippen LogP contribution in [0.2, 0.25) is 0 Å². The molecule has 0 bridgehead atoms. The molecule has 0 atom stereocenters. The molecule has 2 aromatic rings. The van der Waals surface area contributed by atoms with Crippen LogP contribution in [-0.4, -0.2) is 31.4 Å². The summed E-state index contributed by atoms with van der Waals surface area (Å²) in [5.74, 6) is 1.80. The first kappa shape index (κ1) is 10.8. The van der Waals surface area contributed by atoms with Gasteiger partial charge in [0.1, 0.15) is 5.82 Å². The molecule has 2 heterocycles. The molecule has 0 aliphatic rings. The van der Waals surface area contributed by atoms with Crippen LogP contribution in [0.15, 0.2) is 0 Å².